The van der Waals surface area contributed by atoms with Crippen LogP contribution in [0.25, 0.3) is 21.9 Å². The number of nitrogens with one attached hydrogen (secondary N) is 1. The lowest BCUT2D eigenvalue weighted by molar-refractivity contribution is 1.19. The van der Waals surface area contributed by atoms with Gasteiger partial charge < -0.3 is 10.7 Å². The Balaban J connectivity index is 2.37. The van der Waals surface area contributed by atoms with E-state index in [1.807, 2.05) is 12.1 Å². The third-order valence-corrected chi connectivity index (χ3v) is 3.40. The van der Waals surface area contributed by atoms with Crippen molar-refractivity contribution in [1.29, 1.82) is 0 Å². The van der Waals surface area contributed by atoms with E-state index in [1.54, 1.807) is 0 Å². The van der Waals surface area contributed by atoms with Gasteiger partial charge in [-0.25, -0.2) is 0 Å². The maximum atomic E-state index is 6.04. The molecule has 0 saturated heterocycles. The van der Waals surface area contributed by atoms with Crippen LogP contribution in [0.15, 0.2) is 42.5 Å². The van der Waals surface area contributed by atoms with Crippen LogP contribution in [0.1, 0.15) is 11.4 Å². The molecular weight excluding hydrogens is 220 g/mol. The first-order chi connectivity index (χ1) is 8.66. The summed E-state index contributed by atoms with van der Waals surface area (Å²) in [5, 5.41) is 2.33. The van der Waals surface area contributed by atoms with Gasteiger partial charge in [0.25, 0.3) is 0 Å². The van der Waals surface area contributed by atoms with Crippen molar-refractivity contribution < 1.29 is 0 Å². The molecule has 0 bridgehead atoms. The number of aromatic amines is 1. The lowest BCUT2D eigenvalue weighted by atomic mass is 9.97. The molecule has 1 aromatic heterocycles. The van der Waals surface area contributed by atoms with Crippen molar-refractivity contribution in [3.05, 3.63) is 53.9 Å². The zero-order chi connectivity index (χ0) is 12.7. The zero-order valence-corrected chi connectivity index (χ0v) is 10.6. The Morgan fingerprint density at radius 2 is 1.61 bits per heavy atom. The Kier molecular flexibility index (Phi) is 2.37. The Morgan fingerprint density at radius 3 is 2.28 bits per heavy atom. The summed E-state index contributed by atoms with van der Waals surface area (Å²) in [6.07, 6.45) is 0. The average molecular weight is 236 g/mol. The molecule has 2 heteroatoms. The molecule has 0 amide bonds. The Morgan fingerprint density at radius 1 is 0.889 bits per heavy atom. The standard InChI is InChI=1S/C16H16N2/c1-10-9-15(11(2)18-10)13-7-8-16(17)14-6-4-3-5-12(13)14/h3-9,18H,17H2,1-2H3. The van der Waals surface area contributed by atoms with Crippen LogP contribution < -0.4 is 5.73 Å². The predicted molar refractivity (Wildman–Crippen MR) is 77.6 cm³/mol. The van der Waals surface area contributed by atoms with E-state index in [0.717, 1.165) is 11.1 Å². The van der Waals surface area contributed by atoms with Crippen LogP contribution >= 0.6 is 0 Å². The topological polar surface area (TPSA) is 41.8 Å². The molecule has 0 aliphatic rings. The minimum Gasteiger partial charge on any atom is -0.398 e. The van der Waals surface area contributed by atoms with Gasteiger partial charge in [-0.3, -0.25) is 0 Å². The molecule has 0 radical (unpaired) electrons. The summed E-state index contributed by atoms with van der Waals surface area (Å²) >= 11 is 0. The smallest absolute Gasteiger partial charge is 0.0394 e. The third-order valence-electron chi connectivity index (χ3n) is 3.40. The SMILES string of the molecule is Cc1cc(-c2ccc(N)c3ccccc23)c(C)[nH]1. The number of hydrogen-bond donors (Lipinski definition) is 2. The molecule has 2 aromatic carbocycles. The van der Waals surface area contributed by atoms with Crippen molar-refractivity contribution >= 4 is 16.5 Å². The minimum atomic E-state index is 0.833. The van der Waals surface area contributed by atoms with Crippen LogP contribution in [0.3, 0.4) is 0 Å². The molecule has 3 rings (SSSR count). The van der Waals surface area contributed by atoms with Crippen molar-refractivity contribution in [2.75, 3.05) is 5.73 Å². The summed E-state index contributed by atoms with van der Waals surface area (Å²) in [7, 11) is 0. The van der Waals surface area contributed by atoms with Crippen LogP contribution in [0.2, 0.25) is 0 Å². The summed E-state index contributed by atoms with van der Waals surface area (Å²) in [6, 6.07) is 14.6. The van der Waals surface area contributed by atoms with E-state index in [0.29, 0.717) is 0 Å². The molecule has 2 nitrogen and oxygen atoms in total. The maximum absolute atomic E-state index is 6.04. The number of nitrogens with two attached hydrogens (primary N) is 1. The van der Waals surface area contributed by atoms with Crippen molar-refractivity contribution in [1.82, 2.24) is 4.98 Å². The highest BCUT2D eigenvalue weighted by molar-refractivity contribution is 6.03. The number of rotatable bonds is 1. The molecule has 18 heavy (non-hydrogen) atoms. The second-order valence-electron chi connectivity index (χ2n) is 4.74. The minimum absolute atomic E-state index is 0.833. The van der Waals surface area contributed by atoms with Gasteiger partial charge in [-0.2, -0.15) is 0 Å². The fourth-order valence-electron chi connectivity index (χ4n) is 2.56. The van der Waals surface area contributed by atoms with Crippen molar-refractivity contribution in [2.24, 2.45) is 0 Å². The maximum Gasteiger partial charge on any atom is 0.0394 e. The first kappa shape index (κ1) is 10.9. The number of anilines is 1. The lowest BCUT2D eigenvalue weighted by Crippen LogP contribution is -1.89. The molecular formula is C16H16N2. The van der Waals surface area contributed by atoms with Gasteiger partial charge in [-0.15, -0.1) is 0 Å². The molecule has 0 fully saturated rings. The van der Waals surface area contributed by atoms with E-state index in [2.05, 4.69) is 49.2 Å². The van der Waals surface area contributed by atoms with Gasteiger partial charge in [0, 0.05) is 28.0 Å². The van der Waals surface area contributed by atoms with Gasteiger partial charge in [0.1, 0.15) is 0 Å². The highest BCUT2D eigenvalue weighted by Gasteiger charge is 2.09. The first-order valence-corrected chi connectivity index (χ1v) is 6.10. The van der Waals surface area contributed by atoms with E-state index in [-0.39, 0.29) is 0 Å². The number of fused-ring (bicyclic) bond motifs is 1. The normalized spacial score (nSPS) is 11.0. The molecule has 0 aliphatic carbocycles. The lowest BCUT2D eigenvalue weighted by Gasteiger charge is -2.08. The number of nitrogen functional groups attached to an aromatic ring is 1. The summed E-state index contributed by atoms with van der Waals surface area (Å²) < 4.78 is 0. The van der Waals surface area contributed by atoms with Crippen LogP contribution in [0.5, 0.6) is 0 Å². The van der Waals surface area contributed by atoms with Crippen molar-refractivity contribution in [3.8, 4) is 11.1 Å². The summed E-state index contributed by atoms with van der Waals surface area (Å²) in [5.41, 5.74) is 11.7. The number of hydrogen-bond acceptors (Lipinski definition) is 1. The molecule has 0 aliphatic heterocycles. The van der Waals surface area contributed by atoms with E-state index >= 15 is 0 Å². The molecule has 3 aromatic rings. The molecule has 90 valence electrons. The van der Waals surface area contributed by atoms with Crippen LogP contribution in [0.4, 0.5) is 5.69 Å². The zero-order valence-electron chi connectivity index (χ0n) is 10.6. The third kappa shape index (κ3) is 1.58. The van der Waals surface area contributed by atoms with E-state index < -0.39 is 0 Å². The number of H-pyrrole nitrogens is 1. The average Bonchev–Trinajstić information content (AvgIpc) is 2.69. The van der Waals surface area contributed by atoms with Gasteiger partial charge >= 0.3 is 0 Å². The van der Waals surface area contributed by atoms with E-state index in [9.17, 15) is 0 Å². The number of aromatic nitrogens is 1. The van der Waals surface area contributed by atoms with Crippen LogP contribution in [0, 0.1) is 13.8 Å². The molecule has 1 heterocycles. The highest BCUT2D eigenvalue weighted by Crippen LogP contribution is 2.33. The second-order valence-corrected chi connectivity index (χ2v) is 4.74. The van der Waals surface area contributed by atoms with Crippen LogP contribution in [-0.2, 0) is 0 Å². The number of benzene rings is 2. The van der Waals surface area contributed by atoms with Gasteiger partial charge in [0.05, 0.1) is 0 Å². The summed E-state index contributed by atoms with van der Waals surface area (Å²) in [5.74, 6) is 0. The van der Waals surface area contributed by atoms with Crippen molar-refractivity contribution in [3.63, 3.8) is 0 Å². The highest BCUT2D eigenvalue weighted by atomic mass is 14.7. The van der Waals surface area contributed by atoms with Gasteiger partial charge in [0.15, 0.2) is 0 Å². The monoisotopic (exact) mass is 236 g/mol. The van der Waals surface area contributed by atoms with Crippen molar-refractivity contribution in [2.45, 2.75) is 13.8 Å². The van der Waals surface area contributed by atoms with Gasteiger partial charge in [0.2, 0.25) is 0 Å². The Labute approximate surface area is 106 Å². The molecule has 0 saturated carbocycles. The Hall–Kier alpha value is -2.22. The largest absolute Gasteiger partial charge is 0.398 e. The summed E-state index contributed by atoms with van der Waals surface area (Å²) in [6.45, 7) is 4.18. The molecule has 0 spiro atoms. The molecule has 0 unspecified atom stereocenters. The number of aryl methyl sites for hydroxylation is 2. The Bertz CT molecular complexity index is 723. The van der Waals surface area contributed by atoms with Gasteiger partial charge in [-0.1, -0.05) is 30.3 Å². The fraction of sp³-hybridized carbons (Fsp3) is 0.125. The first-order valence-electron chi connectivity index (χ1n) is 6.10. The quantitative estimate of drug-likeness (QED) is 0.615. The van der Waals surface area contributed by atoms with Gasteiger partial charge in [-0.05, 0) is 36.9 Å². The predicted octanol–water partition coefficient (Wildman–Crippen LogP) is 4.03. The molecule has 0 atom stereocenters. The molecule has 3 N–H and O–H groups in total. The fourth-order valence-corrected chi connectivity index (χ4v) is 2.56. The van der Waals surface area contributed by atoms with E-state index in [1.165, 1.54) is 27.9 Å². The van der Waals surface area contributed by atoms with E-state index in [4.69, 9.17) is 5.73 Å². The second kappa shape index (κ2) is 3.91. The van der Waals surface area contributed by atoms with Crippen LogP contribution in [-0.4, -0.2) is 4.98 Å². The summed E-state index contributed by atoms with van der Waals surface area (Å²) in [4.78, 5) is 3.35.